The molecule has 0 spiro atoms. The van der Waals surface area contributed by atoms with Crippen LogP contribution in [0.25, 0.3) is 11.4 Å². The fraction of sp³-hybridized carbons (Fsp3) is 0.267. The molecule has 1 aliphatic carbocycles. The maximum atomic E-state index is 5.46. The molecule has 0 amide bonds. The van der Waals surface area contributed by atoms with Gasteiger partial charge in [-0.05, 0) is 35.5 Å². The highest BCUT2D eigenvalue weighted by Gasteiger charge is 2.28. The number of fused-ring (bicyclic) bond motifs is 1. The summed E-state index contributed by atoms with van der Waals surface area (Å²) < 4.78 is 14.8. The van der Waals surface area contributed by atoms with Gasteiger partial charge in [-0.1, -0.05) is 29.4 Å². The summed E-state index contributed by atoms with van der Waals surface area (Å²) in [4.78, 5) is 4.54. The molecule has 2 aromatic heterocycles. The van der Waals surface area contributed by atoms with Crippen molar-refractivity contribution in [1.29, 1.82) is 0 Å². The summed E-state index contributed by atoms with van der Waals surface area (Å²) >= 11 is 1.32. The van der Waals surface area contributed by atoms with E-state index >= 15 is 0 Å². The number of nitrogens with zero attached hydrogens (tertiary/aromatic N) is 3. The Kier molecular flexibility index (Phi) is 2.96. The monoisotopic (exact) mass is 299 g/mol. The second-order valence-electron chi connectivity index (χ2n) is 5.07. The van der Waals surface area contributed by atoms with E-state index < -0.39 is 0 Å². The van der Waals surface area contributed by atoms with Gasteiger partial charge in [0.25, 0.3) is 0 Å². The van der Waals surface area contributed by atoms with E-state index in [4.69, 9.17) is 9.26 Å². The van der Waals surface area contributed by atoms with E-state index in [0.29, 0.717) is 17.6 Å². The van der Waals surface area contributed by atoms with Gasteiger partial charge in [-0.15, -0.1) is 0 Å². The van der Waals surface area contributed by atoms with Gasteiger partial charge in [0.05, 0.1) is 12.7 Å². The molecule has 0 fully saturated rings. The Labute approximate surface area is 125 Å². The SMILES string of the molecule is COc1nscc1-c1noc(C2Cc3ccccc3C2)n1. The highest BCUT2D eigenvalue weighted by Crippen LogP contribution is 2.35. The predicted octanol–water partition coefficient (Wildman–Crippen LogP) is 3.08. The minimum Gasteiger partial charge on any atom is -0.480 e. The lowest BCUT2D eigenvalue weighted by Crippen LogP contribution is -1.98. The van der Waals surface area contributed by atoms with Crippen molar-refractivity contribution >= 4 is 11.5 Å². The molecule has 0 radical (unpaired) electrons. The highest BCUT2D eigenvalue weighted by atomic mass is 32.1. The van der Waals surface area contributed by atoms with Crippen molar-refractivity contribution in [3.63, 3.8) is 0 Å². The van der Waals surface area contributed by atoms with E-state index in [2.05, 4.69) is 38.8 Å². The number of aromatic nitrogens is 3. The lowest BCUT2D eigenvalue weighted by molar-refractivity contribution is 0.355. The topological polar surface area (TPSA) is 61.0 Å². The molecular formula is C15H13N3O2S. The standard InChI is InChI=1S/C15H13N3O2S/c1-19-15-12(8-21-18-15)13-16-14(20-17-13)11-6-9-4-2-3-5-10(9)7-11/h2-5,8,11H,6-7H2,1H3. The van der Waals surface area contributed by atoms with E-state index in [-0.39, 0.29) is 5.92 Å². The molecule has 21 heavy (non-hydrogen) atoms. The van der Waals surface area contributed by atoms with Crippen LogP contribution >= 0.6 is 11.5 Å². The lowest BCUT2D eigenvalue weighted by Gasteiger charge is -2.00. The summed E-state index contributed by atoms with van der Waals surface area (Å²) in [6, 6.07) is 8.47. The largest absolute Gasteiger partial charge is 0.480 e. The molecule has 4 rings (SSSR count). The van der Waals surface area contributed by atoms with Crippen LogP contribution in [0.1, 0.15) is 22.9 Å². The molecule has 0 aliphatic heterocycles. The van der Waals surface area contributed by atoms with Gasteiger partial charge in [0, 0.05) is 11.3 Å². The van der Waals surface area contributed by atoms with Crippen LogP contribution in [-0.2, 0) is 12.8 Å². The first-order valence-corrected chi connectivity index (χ1v) is 7.58. The molecular weight excluding hydrogens is 286 g/mol. The number of rotatable bonds is 3. The predicted molar refractivity (Wildman–Crippen MR) is 78.5 cm³/mol. The van der Waals surface area contributed by atoms with Crippen molar-refractivity contribution < 1.29 is 9.26 Å². The number of hydrogen-bond acceptors (Lipinski definition) is 6. The summed E-state index contributed by atoms with van der Waals surface area (Å²) in [6.45, 7) is 0. The molecule has 0 saturated heterocycles. The third-order valence-corrected chi connectivity index (χ3v) is 4.43. The second kappa shape index (κ2) is 4.96. The Bertz CT molecular complexity index is 756. The Morgan fingerprint density at radius 1 is 1.24 bits per heavy atom. The van der Waals surface area contributed by atoms with E-state index in [0.717, 1.165) is 18.4 Å². The third-order valence-electron chi connectivity index (χ3n) is 3.81. The molecule has 2 heterocycles. The Hall–Kier alpha value is -2.21. The molecule has 6 heteroatoms. The zero-order valence-corrected chi connectivity index (χ0v) is 12.3. The van der Waals surface area contributed by atoms with Crippen molar-refractivity contribution in [3.8, 4) is 17.3 Å². The zero-order valence-electron chi connectivity index (χ0n) is 11.4. The first-order chi connectivity index (χ1) is 10.3. The quantitative estimate of drug-likeness (QED) is 0.743. The normalized spacial score (nSPS) is 14.3. The number of hydrogen-bond donors (Lipinski definition) is 0. The molecule has 0 N–H and O–H groups in total. The van der Waals surface area contributed by atoms with E-state index in [1.54, 1.807) is 7.11 Å². The van der Waals surface area contributed by atoms with Crippen LogP contribution in [0.15, 0.2) is 34.2 Å². The minimum absolute atomic E-state index is 0.265. The van der Waals surface area contributed by atoms with Gasteiger partial charge in [0.2, 0.25) is 17.6 Å². The van der Waals surface area contributed by atoms with Gasteiger partial charge in [-0.25, -0.2) is 0 Å². The number of methoxy groups -OCH3 is 1. The van der Waals surface area contributed by atoms with Crippen molar-refractivity contribution in [1.82, 2.24) is 14.5 Å². The van der Waals surface area contributed by atoms with Crippen LogP contribution in [-0.4, -0.2) is 21.6 Å². The molecule has 5 nitrogen and oxygen atoms in total. The van der Waals surface area contributed by atoms with Crippen molar-refractivity contribution in [3.05, 3.63) is 46.7 Å². The van der Waals surface area contributed by atoms with Crippen molar-refractivity contribution in [2.75, 3.05) is 7.11 Å². The summed E-state index contributed by atoms with van der Waals surface area (Å²) in [5.74, 6) is 2.05. The average Bonchev–Trinajstić information content (AvgIpc) is 3.23. The lowest BCUT2D eigenvalue weighted by atomic mass is 10.1. The molecule has 106 valence electrons. The Morgan fingerprint density at radius 2 is 2.00 bits per heavy atom. The van der Waals surface area contributed by atoms with Gasteiger partial charge in [-0.3, -0.25) is 0 Å². The zero-order chi connectivity index (χ0) is 14.2. The van der Waals surface area contributed by atoms with Crippen LogP contribution in [0.4, 0.5) is 0 Å². The highest BCUT2D eigenvalue weighted by molar-refractivity contribution is 7.04. The smallest absolute Gasteiger partial charge is 0.236 e. The maximum Gasteiger partial charge on any atom is 0.236 e. The van der Waals surface area contributed by atoms with Crippen LogP contribution in [0, 0.1) is 0 Å². The maximum absolute atomic E-state index is 5.46. The average molecular weight is 299 g/mol. The number of ether oxygens (including phenoxy) is 1. The fourth-order valence-corrected chi connectivity index (χ4v) is 3.40. The van der Waals surface area contributed by atoms with Crippen molar-refractivity contribution in [2.45, 2.75) is 18.8 Å². The molecule has 3 aromatic rings. The fourth-order valence-electron chi connectivity index (χ4n) is 2.77. The minimum atomic E-state index is 0.265. The van der Waals surface area contributed by atoms with E-state index in [9.17, 15) is 0 Å². The van der Waals surface area contributed by atoms with Gasteiger partial charge in [0.15, 0.2) is 0 Å². The molecule has 1 aliphatic rings. The van der Waals surface area contributed by atoms with Gasteiger partial charge in [-0.2, -0.15) is 9.36 Å². The summed E-state index contributed by atoms with van der Waals surface area (Å²) in [5, 5.41) is 5.95. The molecule has 0 saturated carbocycles. The van der Waals surface area contributed by atoms with Gasteiger partial charge in [0.1, 0.15) is 0 Å². The Balaban J connectivity index is 1.62. The van der Waals surface area contributed by atoms with E-state index in [1.165, 1.54) is 22.7 Å². The summed E-state index contributed by atoms with van der Waals surface area (Å²) in [6.07, 6.45) is 1.91. The first kappa shape index (κ1) is 12.5. The van der Waals surface area contributed by atoms with Crippen molar-refractivity contribution in [2.24, 2.45) is 0 Å². The summed E-state index contributed by atoms with van der Waals surface area (Å²) in [5.41, 5.74) is 3.53. The van der Waals surface area contributed by atoms with Crippen LogP contribution in [0.5, 0.6) is 5.88 Å². The van der Waals surface area contributed by atoms with Crippen LogP contribution < -0.4 is 4.74 Å². The number of benzene rings is 1. The second-order valence-corrected chi connectivity index (χ2v) is 5.70. The first-order valence-electron chi connectivity index (χ1n) is 6.74. The van der Waals surface area contributed by atoms with E-state index in [1.807, 2.05) is 5.38 Å². The van der Waals surface area contributed by atoms with Gasteiger partial charge < -0.3 is 9.26 Å². The molecule has 0 atom stereocenters. The van der Waals surface area contributed by atoms with Crippen LogP contribution in [0.2, 0.25) is 0 Å². The summed E-state index contributed by atoms with van der Waals surface area (Å²) in [7, 11) is 1.59. The Morgan fingerprint density at radius 3 is 2.71 bits per heavy atom. The molecule has 0 unspecified atom stereocenters. The van der Waals surface area contributed by atoms with Gasteiger partial charge >= 0.3 is 0 Å². The van der Waals surface area contributed by atoms with Crippen LogP contribution in [0.3, 0.4) is 0 Å². The third kappa shape index (κ3) is 2.12. The molecule has 0 bridgehead atoms. The molecule has 1 aromatic carbocycles.